The first-order valence-corrected chi connectivity index (χ1v) is 8.43. The molecule has 0 heterocycles. The largest absolute Gasteiger partial charge is 0.456 e. The molecular formula is C15H20N2O5S. The number of rotatable bonds is 8. The molecule has 0 radical (unpaired) electrons. The fourth-order valence-electron chi connectivity index (χ4n) is 1.42. The first kappa shape index (κ1) is 18.9. The summed E-state index contributed by atoms with van der Waals surface area (Å²) in [6, 6.07) is 8.96. The van der Waals surface area contributed by atoms with Crippen molar-refractivity contribution in [3.05, 3.63) is 41.3 Å². The van der Waals surface area contributed by atoms with E-state index in [0.29, 0.717) is 0 Å². The van der Waals surface area contributed by atoms with Gasteiger partial charge in [-0.05, 0) is 11.6 Å². The van der Waals surface area contributed by atoms with E-state index in [-0.39, 0.29) is 25.5 Å². The third-order valence-electron chi connectivity index (χ3n) is 2.73. The van der Waals surface area contributed by atoms with Crippen LogP contribution in [0, 0.1) is 0 Å². The molecule has 0 aromatic heterocycles. The van der Waals surface area contributed by atoms with Crippen LogP contribution in [0.2, 0.25) is 0 Å². The summed E-state index contributed by atoms with van der Waals surface area (Å²) in [5.74, 6) is -0.986. The Morgan fingerprint density at radius 2 is 1.87 bits per heavy atom. The van der Waals surface area contributed by atoms with E-state index in [1.807, 2.05) is 6.07 Å². The van der Waals surface area contributed by atoms with Crippen LogP contribution in [-0.4, -0.2) is 52.4 Å². The van der Waals surface area contributed by atoms with Crippen LogP contribution in [0.1, 0.15) is 12.0 Å². The Kier molecular flexibility index (Phi) is 7.43. The highest BCUT2D eigenvalue weighted by molar-refractivity contribution is 7.92. The summed E-state index contributed by atoms with van der Waals surface area (Å²) in [4.78, 5) is 23.9. The van der Waals surface area contributed by atoms with Gasteiger partial charge in [0, 0.05) is 26.0 Å². The van der Waals surface area contributed by atoms with E-state index >= 15 is 0 Å². The Morgan fingerprint density at radius 3 is 2.48 bits per heavy atom. The lowest BCUT2D eigenvalue weighted by Gasteiger charge is -2.10. The number of sulfonamides is 1. The SMILES string of the molecule is CN(C)C(=O)COC(=O)CCNS(=O)(=O)/C=C/c1ccccc1. The van der Waals surface area contributed by atoms with E-state index in [1.54, 1.807) is 38.4 Å². The number of carbonyl (C=O) groups is 2. The zero-order valence-corrected chi connectivity index (χ0v) is 13.9. The number of hydrogen-bond acceptors (Lipinski definition) is 5. The Bertz CT molecular complexity index is 654. The van der Waals surface area contributed by atoms with Gasteiger partial charge in [-0.1, -0.05) is 30.3 Å². The highest BCUT2D eigenvalue weighted by Crippen LogP contribution is 2.02. The van der Waals surface area contributed by atoms with Gasteiger partial charge in [0.2, 0.25) is 10.0 Å². The predicted octanol–water partition coefficient (Wildman–Crippen LogP) is 0.598. The van der Waals surface area contributed by atoms with E-state index in [0.717, 1.165) is 11.0 Å². The maximum Gasteiger partial charge on any atom is 0.307 e. The fraction of sp³-hybridized carbons (Fsp3) is 0.333. The van der Waals surface area contributed by atoms with Crippen molar-refractivity contribution in [2.24, 2.45) is 0 Å². The number of hydrogen-bond donors (Lipinski definition) is 1. The maximum absolute atomic E-state index is 11.7. The fourth-order valence-corrected chi connectivity index (χ4v) is 2.24. The van der Waals surface area contributed by atoms with Gasteiger partial charge >= 0.3 is 5.97 Å². The van der Waals surface area contributed by atoms with Crippen molar-refractivity contribution in [1.82, 2.24) is 9.62 Å². The average molecular weight is 340 g/mol. The number of nitrogens with one attached hydrogen (secondary N) is 1. The molecule has 7 nitrogen and oxygen atoms in total. The van der Waals surface area contributed by atoms with E-state index in [1.165, 1.54) is 11.0 Å². The van der Waals surface area contributed by atoms with Crippen LogP contribution in [-0.2, 0) is 24.3 Å². The molecule has 1 amide bonds. The number of esters is 1. The van der Waals surface area contributed by atoms with Crippen molar-refractivity contribution in [2.45, 2.75) is 6.42 Å². The Morgan fingerprint density at radius 1 is 1.22 bits per heavy atom. The van der Waals surface area contributed by atoms with Gasteiger partial charge in [-0.2, -0.15) is 0 Å². The molecule has 23 heavy (non-hydrogen) atoms. The van der Waals surface area contributed by atoms with Gasteiger partial charge in [0.05, 0.1) is 6.42 Å². The summed E-state index contributed by atoms with van der Waals surface area (Å²) >= 11 is 0. The summed E-state index contributed by atoms with van der Waals surface area (Å²) in [6.07, 6.45) is 1.30. The van der Waals surface area contributed by atoms with Crippen LogP contribution in [0.3, 0.4) is 0 Å². The monoisotopic (exact) mass is 340 g/mol. The summed E-state index contributed by atoms with van der Waals surface area (Å²) in [7, 11) is -0.544. The van der Waals surface area contributed by atoms with Crippen LogP contribution in [0.5, 0.6) is 0 Å². The molecule has 8 heteroatoms. The smallest absolute Gasteiger partial charge is 0.307 e. The molecule has 0 fully saturated rings. The van der Waals surface area contributed by atoms with Crippen molar-refractivity contribution >= 4 is 28.0 Å². The second-order valence-electron chi connectivity index (χ2n) is 4.85. The molecule has 0 atom stereocenters. The molecular weight excluding hydrogens is 320 g/mol. The van der Waals surface area contributed by atoms with E-state index < -0.39 is 16.0 Å². The van der Waals surface area contributed by atoms with Gasteiger partial charge in [0.1, 0.15) is 0 Å². The first-order valence-electron chi connectivity index (χ1n) is 6.89. The lowest BCUT2D eigenvalue weighted by molar-refractivity contribution is -0.150. The lowest BCUT2D eigenvalue weighted by atomic mass is 10.2. The number of carbonyl (C=O) groups excluding carboxylic acids is 2. The van der Waals surface area contributed by atoms with E-state index in [9.17, 15) is 18.0 Å². The number of benzene rings is 1. The highest BCUT2D eigenvalue weighted by Gasteiger charge is 2.10. The molecule has 0 aliphatic carbocycles. The van der Waals surface area contributed by atoms with Gasteiger partial charge in [0.15, 0.2) is 6.61 Å². The molecule has 0 aliphatic heterocycles. The van der Waals surface area contributed by atoms with Crippen molar-refractivity contribution in [2.75, 3.05) is 27.2 Å². The summed E-state index contributed by atoms with van der Waals surface area (Å²) < 4.78 is 30.4. The van der Waals surface area contributed by atoms with Crippen molar-refractivity contribution in [3.63, 3.8) is 0 Å². The Hall–Kier alpha value is -2.19. The molecule has 0 aliphatic rings. The molecule has 1 aromatic carbocycles. The normalized spacial score (nSPS) is 11.4. The molecule has 0 spiro atoms. The van der Waals surface area contributed by atoms with Crippen LogP contribution in [0.25, 0.3) is 6.08 Å². The molecule has 1 N–H and O–H groups in total. The predicted molar refractivity (Wildman–Crippen MR) is 86.7 cm³/mol. The third kappa shape index (κ3) is 8.12. The van der Waals surface area contributed by atoms with Crippen molar-refractivity contribution < 1.29 is 22.7 Å². The van der Waals surface area contributed by atoms with Crippen LogP contribution in [0.4, 0.5) is 0 Å². The molecule has 0 unspecified atom stereocenters. The average Bonchev–Trinajstić information content (AvgIpc) is 2.51. The Labute approximate surface area is 136 Å². The molecule has 0 bridgehead atoms. The topological polar surface area (TPSA) is 92.8 Å². The maximum atomic E-state index is 11.7. The van der Waals surface area contributed by atoms with Gasteiger partial charge in [0.25, 0.3) is 5.91 Å². The molecule has 1 rings (SSSR count). The molecule has 0 saturated carbocycles. The minimum absolute atomic E-state index is 0.101. The number of likely N-dealkylation sites (N-methyl/N-ethyl adjacent to an activating group) is 1. The third-order valence-corrected chi connectivity index (χ3v) is 3.83. The number of nitrogens with zero attached hydrogens (tertiary/aromatic N) is 1. The van der Waals surface area contributed by atoms with E-state index in [2.05, 4.69) is 4.72 Å². The van der Waals surface area contributed by atoms with Gasteiger partial charge < -0.3 is 9.64 Å². The highest BCUT2D eigenvalue weighted by atomic mass is 32.2. The van der Waals surface area contributed by atoms with Gasteiger partial charge in [-0.3, -0.25) is 9.59 Å². The quantitative estimate of drug-likeness (QED) is 0.700. The second-order valence-corrected chi connectivity index (χ2v) is 6.50. The minimum atomic E-state index is -3.63. The second kappa shape index (κ2) is 9.06. The molecule has 1 aromatic rings. The molecule has 126 valence electrons. The zero-order valence-electron chi connectivity index (χ0n) is 13.1. The van der Waals surface area contributed by atoms with Crippen LogP contribution in [0.15, 0.2) is 35.7 Å². The molecule has 0 saturated heterocycles. The standard InChI is InChI=1S/C15H20N2O5S/c1-17(2)14(18)12-22-15(19)8-10-16-23(20,21)11-9-13-6-4-3-5-7-13/h3-7,9,11,16H,8,10,12H2,1-2H3/b11-9+. The van der Waals surface area contributed by atoms with Crippen molar-refractivity contribution in [3.8, 4) is 0 Å². The summed E-state index contributed by atoms with van der Waals surface area (Å²) in [5, 5.41) is 1.03. The summed E-state index contributed by atoms with van der Waals surface area (Å²) in [5.41, 5.74) is 0.750. The van der Waals surface area contributed by atoms with Crippen molar-refractivity contribution in [1.29, 1.82) is 0 Å². The number of ether oxygens (including phenoxy) is 1. The Balaban J connectivity index is 2.35. The van der Waals surface area contributed by atoms with E-state index in [4.69, 9.17) is 4.74 Å². The lowest BCUT2D eigenvalue weighted by Crippen LogP contribution is -2.29. The zero-order chi connectivity index (χ0) is 17.3. The first-order chi connectivity index (χ1) is 10.8. The van der Waals surface area contributed by atoms with Crippen LogP contribution >= 0.6 is 0 Å². The van der Waals surface area contributed by atoms with Crippen LogP contribution < -0.4 is 4.72 Å². The van der Waals surface area contributed by atoms with Gasteiger partial charge in [-0.25, -0.2) is 13.1 Å². The summed E-state index contributed by atoms with van der Waals surface area (Å²) in [6.45, 7) is -0.455. The van der Waals surface area contributed by atoms with Gasteiger partial charge in [-0.15, -0.1) is 0 Å². The minimum Gasteiger partial charge on any atom is -0.456 e. The number of amides is 1.